The van der Waals surface area contributed by atoms with E-state index in [4.69, 9.17) is 14.2 Å². The van der Waals surface area contributed by atoms with Crippen molar-refractivity contribution >= 4 is 0 Å². The lowest BCUT2D eigenvalue weighted by Crippen LogP contribution is -2.32. The molecule has 0 aliphatic heterocycles. The number of rotatable bonds is 10. The molecule has 5 heteroatoms. The Balaban J connectivity index is 1.91. The minimum absolute atomic E-state index is 0.475. The molecule has 30 heavy (non-hydrogen) atoms. The average molecular weight is 408 g/mol. The molecule has 0 amide bonds. The molecule has 0 spiro atoms. The van der Waals surface area contributed by atoms with Gasteiger partial charge in [-0.2, -0.15) is 0 Å². The van der Waals surface area contributed by atoms with Crippen molar-refractivity contribution in [2.45, 2.75) is 18.6 Å². The molecule has 3 rings (SSSR count). The van der Waals surface area contributed by atoms with E-state index in [1.54, 1.807) is 21.3 Å². The van der Waals surface area contributed by atoms with Crippen LogP contribution in [-0.2, 0) is 12.1 Å². The summed E-state index contributed by atoms with van der Waals surface area (Å²) in [6, 6.07) is 23.5. The first kappa shape index (κ1) is 21.7. The summed E-state index contributed by atoms with van der Waals surface area (Å²) in [6.45, 7) is 1.36. The van der Waals surface area contributed by atoms with Crippen molar-refractivity contribution in [1.29, 1.82) is 0 Å². The van der Waals surface area contributed by atoms with Crippen LogP contribution in [0, 0.1) is 0 Å². The smallest absolute Gasteiger partial charge is 0.203 e. The van der Waals surface area contributed by atoms with Crippen LogP contribution in [0.2, 0.25) is 0 Å². The van der Waals surface area contributed by atoms with Gasteiger partial charge in [0.05, 0.1) is 21.3 Å². The third kappa shape index (κ3) is 4.75. The highest BCUT2D eigenvalue weighted by molar-refractivity contribution is 5.56. The Morgan fingerprint density at radius 1 is 0.767 bits per heavy atom. The van der Waals surface area contributed by atoms with E-state index in [1.165, 1.54) is 5.56 Å². The number of benzene rings is 3. The maximum atomic E-state index is 11.9. The van der Waals surface area contributed by atoms with E-state index < -0.39 is 5.60 Å². The molecule has 0 bridgehead atoms. The summed E-state index contributed by atoms with van der Waals surface area (Å²) < 4.78 is 16.4. The summed E-state index contributed by atoms with van der Waals surface area (Å²) in [5.41, 5.74) is 1.47. The second kappa shape index (κ2) is 10.1. The first-order valence-corrected chi connectivity index (χ1v) is 9.95. The molecule has 1 atom stereocenters. The van der Waals surface area contributed by atoms with Crippen molar-refractivity contribution in [3.05, 3.63) is 89.5 Å². The van der Waals surface area contributed by atoms with E-state index in [-0.39, 0.29) is 0 Å². The molecule has 3 aromatic rings. The van der Waals surface area contributed by atoms with Crippen LogP contribution in [0.4, 0.5) is 0 Å². The molecule has 158 valence electrons. The van der Waals surface area contributed by atoms with Crippen molar-refractivity contribution in [3.8, 4) is 17.2 Å². The third-order valence-electron chi connectivity index (χ3n) is 5.23. The molecule has 0 fully saturated rings. The van der Waals surface area contributed by atoms with Crippen molar-refractivity contribution < 1.29 is 19.3 Å². The molecule has 2 N–H and O–H groups in total. The zero-order valence-electron chi connectivity index (χ0n) is 17.7. The van der Waals surface area contributed by atoms with Crippen LogP contribution >= 0.6 is 0 Å². The minimum Gasteiger partial charge on any atom is -0.493 e. The standard InChI is InChI=1S/C25H29NO4/c1-28-22-16-21(17-23(29-2)24(22)30-3)25(27,20-12-8-5-9-13-20)14-15-26-18-19-10-6-4-7-11-19/h4-13,16-17,26-27H,14-15,18H2,1-3H3. The van der Waals surface area contributed by atoms with Gasteiger partial charge in [0.25, 0.3) is 0 Å². The summed E-state index contributed by atoms with van der Waals surface area (Å²) in [6.07, 6.45) is 0.475. The van der Waals surface area contributed by atoms with Crippen LogP contribution in [0.5, 0.6) is 17.2 Å². The van der Waals surface area contributed by atoms with E-state index >= 15 is 0 Å². The van der Waals surface area contributed by atoms with Gasteiger partial charge < -0.3 is 24.6 Å². The SMILES string of the molecule is COc1cc(C(O)(CCNCc2ccccc2)c2ccccc2)cc(OC)c1OC. The largest absolute Gasteiger partial charge is 0.493 e. The van der Waals surface area contributed by atoms with Gasteiger partial charge in [-0.15, -0.1) is 0 Å². The lowest BCUT2D eigenvalue weighted by Gasteiger charge is -2.31. The Morgan fingerprint density at radius 3 is 1.87 bits per heavy atom. The quantitative estimate of drug-likeness (QED) is 0.495. The van der Waals surface area contributed by atoms with Crippen LogP contribution < -0.4 is 19.5 Å². The molecule has 0 aliphatic rings. The summed E-state index contributed by atoms with van der Waals surface area (Å²) in [4.78, 5) is 0. The molecule has 0 aliphatic carbocycles. The number of nitrogens with one attached hydrogen (secondary N) is 1. The Bertz CT molecular complexity index is 905. The minimum atomic E-state index is -1.22. The van der Waals surface area contributed by atoms with E-state index in [2.05, 4.69) is 17.4 Å². The summed E-state index contributed by atoms with van der Waals surface area (Å²) >= 11 is 0. The van der Waals surface area contributed by atoms with Crippen LogP contribution in [0.15, 0.2) is 72.8 Å². The predicted octanol–water partition coefficient (Wildman–Crippen LogP) is 4.13. The van der Waals surface area contributed by atoms with Crippen molar-refractivity contribution in [3.63, 3.8) is 0 Å². The predicted molar refractivity (Wildman–Crippen MR) is 118 cm³/mol. The molecular weight excluding hydrogens is 378 g/mol. The van der Waals surface area contributed by atoms with Crippen LogP contribution in [0.3, 0.4) is 0 Å². The summed E-state index contributed by atoms with van der Waals surface area (Å²) in [5.74, 6) is 1.53. The summed E-state index contributed by atoms with van der Waals surface area (Å²) in [7, 11) is 4.71. The number of aliphatic hydroxyl groups is 1. The van der Waals surface area contributed by atoms with Gasteiger partial charge >= 0.3 is 0 Å². The molecule has 0 aromatic heterocycles. The maximum absolute atomic E-state index is 11.9. The third-order valence-corrected chi connectivity index (χ3v) is 5.23. The summed E-state index contributed by atoms with van der Waals surface area (Å²) in [5, 5.41) is 15.3. The van der Waals surface area contributed by atoms with Gasteiger partial charge in [-0.25, -0.2) is 0 Å². The average Bonchev–Trinajstić information content (AvgIpc) is 2.81. The molecule has 5 nitrogen and oxygen atoms in total. The van der Waals surface area contributed by atoms with Gasteiger partial charge in [-0.1, -0.05) is 60.7 Å². The highest BCUT2D eigenvalue weighted by Crippen LogP contribution is 2.43. The highest BCUT2D eigenvalue weighted by atomic mass is 16.5. The number of methoxy groups -OCH3 is 3. The van der Waals surface area contributed by atoms with Gasteiger partial charge in [0.2, 0.25) is 5.75 Å². The second-order valence-electron chi connectivity index (χ2n) is 7.05. The molecule has 0 heterocycles. The zero-order valence-corrected chi connectivity index (χ0v) is 17.7. The fraction of sp³-hybridized carbons (Fsp3) is 0.280. The number of ether oxygens (including phenoxy) is 3. The first-order chi connectivity index (χ1) is 14.6. The van der Waals surface area contributed by atoms with Crippen LogP contribution in [0.25, 0.3) is 0 Å². The van der Waals surface area contributed by atoms with Crippen LogP contribution in [0.1, 0.15) is 23.1 Å². The first-order valence-electron chi connectivity index (χ1n) is 9.95. The van der Waals surface area contributed by atoms with Crippen molar-refractivity contribution in [2.24, 2.45) is 0 Å². The fourth-order valence-corrected chi connectivity index (χ4v) is 3.59. The fourth-order valence-electron chi connectivity index (χ4n) is 3.59. The maximum Gasteiger partial charge on any atom is 0.203 e. The molecule has 0 saturated carbocycles. The van der Waals surface area contributed by atoms with Gasteiger partial charge in [-0.3, -0.25) is 0 Å². The lowest BCUT2D eigenvalue weighted by atomic mass is 9.83. The molecule has 1 unspecified atom stereocenters. The second-order valence-corrected chi connectivity index (χ2v) is 7.05. The highest BCUT2D eigenvalue weighted by Gasteiger charge is 2.33. The van der Waals surface area contributed by atoms with Gasteiger partial charge in [0.1, 0.15) is 5.60 Å². The molecule has 0 radical (unpaired) electrons. The Morgan fingerprint density at radius 2 is 1.33 bits per heavy atom. The zero-order chi connectivity index (χ0) is 21.4. The topological polar surface area (TPSA) is 60.0 Å². The van der Waals surface area contributed by atoms with E-state index in [0.717, 1.165) is 12.1 Å². The Hall–Kier alpha value is -3.02. The van der Waals surface area contributed by atoms with E-state index in [1.807, 2.05) is 60.7 Å². The number of hydrogen-bond donors (Lipinski definition) is 2. The van der Waals surface area contributed by atoms with E-state index in [9.17, 15) is 5.11 Å². The molecule has 3 aromatic carbocycles. The van der Waals surface area contributed by atoms with Gasteiger partial charge in [0, 0.05) is 6.54 Å². The van der Waals surface area contributed by atoms with Crippen molar-refractivity contribution in [1.82, 2.24) is 5.32 Å². The normalized spacial score (nSPS) is 12.8. The monoisotopic (exact) mass is 407 g/mol. The van der Waals surface area contributed by atoms with Crippen LogP contribution in [-0.4, -0.2) is 33.0 Å². The van der Waals surface area contributed by atoms with E-state index in [0.29, 0.717) is 35.8 Å². The van der Waals surface area contributed by atoms with Gasteiger partial charge in [0.15, 0.2) is 11.5 Å². The number of hydrogen-bond acceptors (Lipinski definition) is 5. The Labute approximate surface area is 178 Å². The lowest BCUT2D eigenvalue weighted by molar-refractivity contribution is 0.0704. The Kier molecular flexibility index (Phi) is 7.33. The molecule has 0 saturated heterocycles. The van der Waals surface area contributed by atoms with Crippen molar-refractivity contribution in [2.75, 3.05) is 27.9 Å². The van der Waals surface area contributed by atoms with Gasteiger partial charge in [-0.05, 0) is 41.8 Å². The molecular formula is C25H29NO4.